The molecule has 0 radical (unpaired) electrons. The van der Waals surface area contributed by atoms with Crippen molar-refractivity contribution in [3.63, 3.8) is 0 Å². The summed E-state index contributed by atoms with van der Waals surface area (Å²) in [5, 5.41) is 0. The standard InChI is InChI=1S/C12H19N3OS/c1-10(2)16-12-11(13-4-5-14-12)15-6-3-8-17-9-7-15/h4-5,10H,3,6-9H2,1-2H3. The van der Waals surface area contributed by atoms with Gasteiger partial charge in [0.1, 0.15) is 0 Å². The molecule has 0 amide bonds. The van der Waals surface area contributed by atoms with Crippen molar-refractivity contribution in [1.82, 2.24) is 9.97 Å². The van der Waals surface area contributed by atoms with Crippen LogP contribution in [0.3, 0.4) is 0 Å². The van der Waals surface area contributed by atoms with Crippen LogP contribution in [-0.2, 0) is 0 Å². The fourth-order valence-corrected chi connectivity index (χ4v) is 2.69. The fraction of sp³-hybridized carbons (Fsp3) is 0.667. The van der Waals surface area contributed by atoms with E-state index in [1.807, 2.05) is 25.6 Å². The first-order valence-electron chi connectivity index (χ1n) is 6.07. The topological polar surface area (TPSA) is 38.3 Å². The monoisotopic (exact) mass is 253 g/mol. The van der Waals surface area contributed by atoms with E-state index in [2.05, 4.69) is 14.9 Å². The van der Waals surface area contributed by atoms with Gasteiger partial charge < -0.3 is 9.64 Å². The molecule has 94 valence electrons. The van der Waals surface area contributed by atoms with Gasteiger partial charge in [-0.3, -0.25) is 0 Å². The van der Waals surface area contributed by atoms with Gasteiger partial charge in [0.25, 0.3) is 5.88 Å². The summed E-state index contributed by atoms with van der Waals surface area (Å²) in [5.74, 6) is 3.94. The van der Waals surface area contributed by atoms with Gasteiger partial charge in [-0.2, -0.15) is 11.8 Å². The summed E-state index contributed by atoms with van der Waals surface area (Å²) in [4.78, 5) is 11.0. The van der Waals surface area contributed by atoms with Crippen LogP contribution < -0.4 is 9.64 Å². The minimum atomic E-state index is 0.131. The maximum absolute atomic E-state index is 5.72. The Morgan fingerprint density at radius 2 is 2.06 bits per heavy atom. The van der Waals surface area contributed by atoms with Crippen molar-refractivity contribution < 1.29 is 4.74 Å². The van der Waals surface area contributed by atoms with Crippen molar-refractivity contribution in [2.75, 3.05) is 29.5 Å². The average molecular weight is 253 g/mol. The molecule has 0 bridgehead atoms. The van der Waals surface area contributed by atoms with Crippen molar-refractivity contribution >= 4 is 17.6 Å². The number of thioether (sulfide) groups is 1. The minimum absolute atomic E-state index is 0.131. The SMILES string of the molecule is CC(C)Oc1nccnc1N1CCCSCC1. The van der Waals surface area contributed by atoms with Gasteiger partial charge in [-0.05, 0) is 26.0 Å². The molecule has 2 heterocycles. The van der Waals surface area contributed by atoms with E-state index >= 15 is 0 Å². The van der Waals surface area contributed by atoms with Gasteiger partial charge in [-0.1, -0.05) is 0 Å². The molecule has 1 aromatic heterocycles. The van der Waals surface area contributed by atoms with Crippen molar-refractivity contribution in [3.8, 4) is 5.88 Å². The Hall–Kier alpha value is -0.970. The maximum Gasteiger partial charge on any atom is 0.257 e. The highest BCUT2D eigenvalue weighted by Gasteiger charge is 2.17. The number of ether oxygens (including phenoxy) is 1. The molecule has 0 aliphatic carbocycles. The molecule has 1 fully saturated rings. The lowest BCUT2D eigenvalue weighted by molar-refractivity contribution is 0.232. The van der Waals surface area contributed by atoms with E-state index in [-0.39, 0.29) is 6.10 Å². The van der Waals surface area contributed by atoms with E-state index in [9.17, 15) is 0 Å². The van der Waals surface area contributed by atoms with Crippen molar-refractivity contribution in [2.24, 2.45) is 0 Å². The zero-order valence-electron chi connectivity index (χ0n) is 10.4. The third-order valence-electron chi connectivity index (χ3n) is 2.52. The first-order chi connectivity index (χ1) is 8.27. The molecule has 0 aromatic carbocycles. The first kappa shape index (κ1) is 12.5. The lowest BCUT2D eigenvalue weighted by atomic mass is 10.4. The molecule has 1 saturated heterocycles. The molecule has 1 aliphatic heterocycles. The zero-order chi connectivity index (χ0) is 12.1. The number of aromatic nitrogens is 2. The second kappa shape index (κ2) is 6.10. The van der Waals surface area contributed by atoms with E-state index in [4.69, 9.17) is 4.74 Å². The Bertz CT molecular complexity index is 351. The molecule has 0 saturated carbocycles. The van der Waals surface area contributed by atoms with Gasteiger partial charge in [0.05, 0.1) is 6.10 Å². The largest absolute Gasteiger partial charge is 0.472 e. The summed E-state index contributed by atoms with van der Waals surface area (Å²) in [5.41, 5.74) is 0. The second-order valence-electron chi connectivity index (χ2n) is 4.30. The van der Waals surface area contributed by atoms with Gasteiger partial charge in [0, 0.05) is 31.2 Å². The smallest absolute Gasteiger partial charge is 0.257 e. The Morgan fingerprint density at radius 1 is 1.24 bits per heavy atom. The molecule has 5 heteroatoms. The number of rotatable bonds is 3. The van der Waals surface area contributed by atoms with Gasteiger partial charge in [0.15, 0.2) is 5.82 Å². The molecule has 17 heavy (non-hydrogen) atoms. The number of anilines is 1. The van der Waals surface area contributed by atoms with Crippen LogP contribution in [0.1, 0.15) is 20.3 Å². The van der Waals surface area contributed by atoms with Crippen LogP contribution in [0, 0.1) is 0 Å². The van der Waals surface area contributed by atoms with Crippen LogP contribution >= 0.6 is 11.8 Å². The van der Waals surface area contributed by atoms with Crippen LogP contribution in [0.4, 0.5) is 5.82 Å². The summed E-state index contributed by atoms with van der Waals surface area (Å²) in [6.45, 7) is 6.09. The van der Waals surface area contributed by atoms with Crippen LogP contribution in [0.5, 0.6) is 5.88 Å². The summed E-state index contributed by atoms with van der Waals surface area (Å²) in [7, 11) is 0. The molecule has 4 nitrogen and oxygen atoms in total. The lowest BCUT2D eigenvalue weighted by Gasteiger charge is -2.23. The van der Waals surface area contributed by atoms with Gasteiger partial charge >= 0.3 is 0 Å². The van der Waals surface area contributed by atoms with E-state index in [1.54, 1.807) is 12.4 Å². The zero-order valence-corrected chi connectivity index (χ0v) is 11.2. The summed E-state index contributed by atoms with van der Waals surface area (Å²) < 4.78 is 5.72. The van der Waals surface area contributed by atoms with Crippen LogP contribution in [0.15, 0.2) is 12.4 Å². The highest BCUT2D eigenvalue weighted by molar-refractivity contribution is 7.99. The molecule has 2 rings (SSSR count). The van der Waals surface area contributed by atoms with Crippen LogP contribution in [0.25, 0.3) is 0 Å². The fourth-order valence-electron chi connectivity index (χ4n) is 1.80. The Morgan fingerprint density at radius 3 is 2.88 bits per heavy atom. The average Bonchev–Trinajstić information content (AvgIpc) is 2.57. The Labute approximate surface area is 107 Å². The highest BCUT2D eigenvalue weighted by atomic mass is 32.2. The lowest BCUT2D eigenvalue weighted by Crippen LogP contribution is -2.27. The molecule has 0 atom stereocenters. The van der Waals surface area contributed by atoms with Gasteiger partial charge in [-0.25, -0.2) is 9.97 Å². The van der Waals surface area contributed by atoms with E-state index in [1.165, 1.54) is 12.2 Å². The molecule has 0 N–H and O–H groups in total. The minimum Gasteiger partial charge on any atom is -0.472 e. The second-order valence-corrected chi connectivity index (χ2v) is 5.53. The molecule has 1 aromatic rings. The van der Waals surface area contributed by atoms with Gasteiger partial charge in [-0.15, -0.1) is 0 Å². The third kappa shape index (κ3) is 3.49. The number of nitrogens with zero attached hydrogens (tertiary/aromatic N) is 3. The maximum atomic E-state index is 5.72. The molecule has 1 aliphatic rings. The Kier molecular flexibility index (Phi) is 4.48. The van der Waals surface area contributed by atoms with Crippen LogP contribution in [-0.4, -0.2) is 40.7 Å². The molecule has 0 unspecified atom stereocenters. The van der Waals surface area contributed by atoms with E-state index in [0.29, 0.717) is 5.88 Å². The summed E-state index contributed by atoms with van der Waals surface area (Å²) >= 11 is 2.00. The van der Waals surface area contributed by atoms with E-state index < -0.39 is 0 Å². The number of hydrogen-bond donors (Lipinski definition) is 0. The Balaban J connectivity index is 2.17. The number of hydrogen-bond acceptors (Lipinski definition) is 5. The predicted molar refractivity (Wildman–Crippen MR) is 72.0 cm³/mol. The van der Waals surface area contributed by atoms with Crippen molar-refractivity contribution in [1.29, 1.82) is 0 Å². The summed E-state index contributed by atoms with van der Waals surface area (Å²) in [6, 6.07) is 0. The van der Waals surface area contributed by atoms with Gasteiger partial charge in [0.2, 0.25) is 0 Å². The molecular weight excluding hydrogens is 234 g/mol. The highest BCUT2D eigenvalue weighted by Crippen LogP contribution is 2.25. The first-order valence-corrected chi connectivity index (χ1v) is 7.23. The third-order valence-corrected chi connectivity index (χ3v) is 3.56. The van der Waals surface area contributed by atoms with Crippen LogP contribution in [0.2, 0.25) is 0 Å². The van der Waals surface area contributed by atoms with Crippen molar-refractivity contribution in [3.05, 3.63) is 12.4 Å². The van der Waals surface area contributed by atoms with Crippen molar-refractivity contribution in [2.45, 2.75) is 26.4 Å². The van der Waals surface area contributed by atoms with E-state index in [0.717, 1.165) is 24.7 Å². The normalized spacial score (nSPS) is 17.0. The summed E-state index contributed by atoms with van der Waals surface area (Å²) in [6.07, 6.45) is 4.75. The predicted octanol–water partition coefficient (Wildman–Crippen LogP) is 2.21. The quantitative estimate of drug-likeness (QED) is 0.825. The molecule has 0 spiro atoms. The molecular formula is C12H19N3OS.